The molecule has 2 heterocycles. The van der Waals surface area contributed by atoms with Crippen LogP contribution in [-0.4, -0.2) is 37.7 Å². The molecule has 5 rings (SSSR count). The largest absolute Gasteiger partial charge is 0.370 e. The second-order valence-electron chi connectivity index (χ2n) is 8.28. The molecule has 2 aromatic carbocycles. The summed E-state index contributed by atoms with van der Waals surface area (Å²) in [5.41, 5.74) is 3.76. The van der Waals surface area contributed by atoms with E-state index >= 15 is 0 Å². The number of hydrogen-bond donors (Lipinski definition) is 0. The van der Waals surface area contributed by atoms with Crippen molar-refractivity contribution < 1.29 is 9.59 Å². The molecule has 3 aliphatic rings. The lowest BCUT2D eigenvalue weighted by Crippen LogP contribution is -2.36. The third-order valence-electron chi connectivity index (χ3n) is 6.48. The molecule has 0 N–H and O–H groups in total. The van der Waals surface area contributed by atoms with Crippen LogP contribution in [0.3, 0.4) is 0 Å². The van der Waals surface area contributed by atoms with Gasteiger partial charge in [-0.05, 0) is 44.6 Å². The molecule has 0 spiro atoms. The lowest BCUT2D eigenvalue weighted by Gasteiger charge is -2.38. The van der Waals surface area contributed by atoms with E-state index in [9.17, 15) is 9.59 Å². The van der Waals surface area contributed by atoms with Crippen molar-refractivity contribution in [3.8, 4) is 0 Å². The van der Waals surface area contributed by atoms with Crippen LogP contribution in [0.25, 0.3) is 0 Å². The minimum atomic E-state index is -0.136. The molecule has 0 aromatic heterocycles. The summed E-state index contributed by atoms with van der Waals surface area (Å²) in [6.45, 7) is 3.82. The molecule has 0 amide bonds. The van der Waals surface area contributed by atoms with Crippen LogP contribution in [0, 0.1) is 0 Å². The Labute approximate surface area is 176 Å². The van der Waals surface area contributed by atoms with E-state index < -0.39 is 0 Å². The summed E-state index contributed by atoms with van der Waals surface area (Å²) in [4.78, 5) is 31.3. The molecule has 29 heavy (non-hydrogen) atoms. The molecule has 2 aliphatic heterocycles. The fourth-order valence-corrected chi connectivity index (χ4v) is 5.38. The smallest absolute Gasteiger partial charge is 0.196 e. The van der Waals surface area contributed by atoms with Crippen LogP contribution in [0.15, 0.2) is 30.3 Å². The van der Waals surface area contributed by atoms with Crippen LogP contribution < -0.4 is 9.80 Å². The molecule has 0 radical (unpaired) electrons. The summed E-state index contributed by atoms with van der Waals surface area (Å²) in [6.07, 6.45) is 7.00. The van der Waals surface area contributed by atoms with Crippen molar-refractivity contribution in [3.05, 3.63) is 57.6 Å². The van der Waals surface area contributed by atoms with Crippen molar-refractivity contribution >= 4 is 34.5 Å². The van der Waals surface area contributed by atoms with Crippen LogP contribution in [0.1, 0.15) is 70.4 Å². The Morgan fingerprint density at radius 3 is 1.86 bits per heavy atom. The molecule has 0 atom stereocenters. The van der Waals surface area contributed by atoms with Crippen molar-refractivity contribution in [2.45, 2.75) is 38.5 Å². The molecule has 0 saturated carbocycles. The highest BCUT2D eigenvalue weighted by atomic mass is 35.5. The number of rotatable bonds is 2. The number of piperidine rings is 2. The Kier molecular flexibility index (Phi) is 4.83. The number of ketones is 2. The standard InChI is InChI=1S/C24H25ClN2O2/c25-21-20-18(23(28)16-9-3-4-10-17(16)24(20)29)15-19(26-11-5-1-6-12-26)22(21)27-13-7-2-8-14-27/h3-4,9-10,15H,1-2,5-8,11-14H2. The molecule has 1 aliphatic carbocycles. The van der Waals surface area contributed by atoms with Gasteiger partial charge in [-0.3, -0.25) is 9.59 Å². The van der Waals surface area contributed by atoms with Gasteiger partial charge in [0, 0.05) is 42.9 Å². The van der Waals surface area contributed by atoms with Gasteiger partial charge < -0.3 is 9.80 Å². The van der Waals surface area contributed by atoms with Crippen LogP contribution in [-0.2, 0) is 0 Å². The van der Waals surface area contributed by atoms with Gasteiger partial charge >= 0.3 is 0 Å². The lowest BCUT2D eigenvalue weighted by atomic mass is 9.83. The van der Waals surface area contributed by atoms with Gasteiger partial charge in [0.15, 0.2) is 11.6 Å². The number of benzene rings is 2. The zero-order valence-electron chi connectivity index (χ0n) is 16.5. The third kappa shape index (κ3) is 3.05. The number of hydrogen-bond acceptors (Lipinski definition) is 4. The molecule has 2 fully saturated rings. The maximum absolute atomic E-state index is 13.3. The normalized spacial score (nSPS) is 19.2. The molecule has 2 aromatic rings. The molecule has 5 heteroatoms. The zero-order valence-corrected chi connectivity index (χ0v) is 17.3. The molecular weight excluding hydrogens is 384 g/mol. The molecular formula is C24H25ClN2O2. The van der Waals surface area contributed by atoms with Crippen LogP contribution in [0.5, 0.6) is 0 Å². The van der Waals surface area contributed by atoms with E-state index in [4.69, 9.17) is 11.6 Å². The third-order valence-corrected chi connectivity index (χ3v) is 6.85. The number of fused-ring (bicyclic) bond motifs is 2. The van der Waals surface area contributed by atoms with Crippen molar-refractivity contribution in [2.75, 3.05) is 36.0 Å². The van der Waals surface area contributed by atoms with Crippen molar-refractivity contribution in [1.29, 1.82) is 0 Å². The highest BCUT2D eigenvalue weighted by Crippen LogP contribution is 2.45. The summed E-state index contributed by atoms with van der Waals surface area (Å²) in [5.74, 6) is -0.232. The molecule has 0 bridgehead atoms. The minimum Gasteiger partial charge on any atom is -0.370 e. The van der Waals surface area contributed by atoms with Gasteiger partial charge in [-0.2, -0.15) is 0 Å². The van der Waals surface area contributed by atoms with E-state index in [1.807, 2.05) is 12.1 Å². The van der Waals surface area contributed by atoms with E-state index in [0.29, 0.717) is 27.3 Å². The molecule has 4 nitrogen and oxygen atoms in total. The molecule has 0 unspecified atom stereocenters. The fourth-order valence-electron chi connectivity index (χ4n) is 4.98. The number of nitrogens with zero attached hydrogens (tertiary/aromatic N) is 2. The predicted octanol–water partition coefficient (Wildman–Crippen LogP) is 5.10. The number of carbonyl (C=O) groups excluding carboxylic acids is 2. The van der Waals surface area contributed by atoms with E-state index in [0.717, 1.165) is 63.2 Å². The highest BCUT2D eigenvalue weighted by Gasteiger charge is 2.35. The highest BCUT2D eigenvalue weighted by molar-refractivity contribution is 6.42. The van der Waals surface area contributed by atoms with Gasteiger partial charge in [0.25, 0.3) is 0 Å². The van der Waals surface area contributed by atoms with Gasteiger partial charge in [-0.25, -0.2) is 0 Å². The Morgan fingerprint density at radius 1 is 0.690 bits per heavy atom. The van der Waals surface area contributed by atoms with Crippen LogP contribution >= 0.6 is 11.6 Å². The Balaban J connectivity index is 1.72. The number of anilines is 2. The topological polar surface area (TPSA) is 40.6 Å². The first-order valence-electron chi connectivity index (χ1n) is 10.7. The van der Waals surface area contributed by atoms with Crippen molar-refractivity contribution in [2.24, 2.45) is 0 Å². The number of halogens is 1. The quantitative estimate of drug-likeness (QED) is 0.591. The Bertz CT molecular complexity index is 989. The van der Waals surface area contributed by atoms with Crippen LogP contribution in [0.2, 0.25) is 5.02 Å². The Morgan fingerprint density at radius 2 is 1.24 bits per heavy atom. The average molecular weight is 409 g/mol. The SMILES string of the molecule is O=C1c2ccccc2C(=O)c2c1cc(N1CCCCC1)c(N1CCCCC1)c2Cl. The van der Waals surface area contributed by atoms with E-state index in [2.05, 4.69) is 9.80 Å². The summed E-state index contributed by atoms with van der Waals surface area (Å²) < 4.78 is 0. The first kappa shape index (κ1) is 18.7. The maximum Gasteiger partial charge on any atom is 0.196 e. The van der Waals surface area contributed by atoms with Gasteiger partial charge in [0.05, 0.1) is 22.0 Å². The predicted molar refractivity (Wildman–Crippen MR) is 117 cm³/mol. The van der Waals surface area contributed by atoms with Gasteiger partial charge in [-0.1, -0.05) is 35.9 Å². The average Bonchev–Trinajstić information content (AvgIpc) is 2.78. The van der Waals surface area contributed by atoms with Gasteiger partial charge in [0.2, 0.25) is 0 Å². The lowest BCUT2D eigenvalue weighted by molar-refractivity contribution is 0.0979. The van der Waals surface area contributed by atoms with E-state index in [1.54, 1.807) is 18.2 Å². The summed E-state index contributed by atoms with van der Waals surface area (Å²) in [6, 6.07) is 9.03. The van der Waals surface area contributed by atoms with Gasteiger partial charge in [-0.15, -0.1) is 0 Å². The fraction of sp³-hybridized carbons (Fsp3) is 0.417. The second-order valence-corrected chi connectivity index (χ2v) is 8.66. The number of carbonyl (C=O) groups is 2. The zero-order chi connectivity index (χ0) is 20.0. The first-order valence-corrected chi connectivity index (χ1v) is 11.1. The van der Waals surface area contributed by atoms with E-state index in [1.165, 1.54) is 12.8 Å². The molecule has 150 valence electrons. The van der Waals surface area contributed by atoms with E-state index in [-0.39, 0.29) is 11.6 Å². The minimum absolute atomic E-state index is 0.0967. The molecule has 2 saturated heterocycles. The maximum atomic E-state index is 13.3. The van der Waals surface area contributed by atoms with Crippen molar-refractivity contribution in [1.82, 2.24) is 0 Å². The summed E-state index contributed by atoms with van der Waals surface area (Å²) in [5, 5.41) is 0.456. The summed E-state index contributed by atoms with van der Waals surface area (Å²) >= 11 is 6.97. The van der Waals surface area contributed by atoms with Gasteiger partial charge in [0.1, 0.15) is 0 Å². The first-order chi connectivity index (χ1) is 14.2. The second kappa shape index (κ2) is 7.49. The monoisotopic (exact) mass is 408 g/mol. The van der Waals surface area contributed by atoms with Crippen LogP contribution in [0.4, 0.5) is 11.4 Å². The summed E-state index contributed by atoms with van der Waals surface area (Å²) in [7, 11) is 0. The van der Waals surface area contributed by atoms with Crippen molar-refractivity contribution in [3.63, 3.8) is 0 Å². The Hall–Kier alpha value is -2.33.